The van der Waals surface area contributed by atoms with Crippen LogP contribution in [0.2, 0.25) is 10.0 Å². The normalized spacial score (nSPS) is 33.0. The molecule has 0 aromatic heterocycles. The number of rotatable bonds is 0. The van der Waals surface area contributed by atoms with Gasteiger partial charge >= 0.3 is 11.8 Å². The summed E-state index contributed by atoms with van der Waals surface area (Å²) >= 11 is 12.1. The Labute approximate surface area is 148 Å². The lowest BCUT2D eigenvalue weighted by Crippen LogP contribution is -2.68. The lowest BCUT2D eigenvalue weighted by Gasteiger charge is -2.58. The van der Waals surface area contributed by atoms with Crippen LogP contribution in [0.1, 0.15) is 43.7 Å². The Bertz CT molecular complexity index is 750. The van der Waals surface area contributed by atoms with Crippen molar-refractivity contribution >= 4 is 23.2 Å². The Morgan fingerprint density at radius 3 is 2.08 bits per heavy atom. The maximum absolute atomic E-state index is 14.6. The Morgan fingerprint density at radius 2 is 1.50 bits per heavy atom. The standard InChI is InChI=1S/C18H16Cl2F4/c1-11-3-4-12(14(20)13(11)19)5-6-16-9-7-15(2,8-10-16)17(21,22)18(16,23)24/h3-4H,7-10H2,1-2H3. The summed E-state index contributed by atoms with van der Waals surface area (Å²) in [7, 11) is 0. The molecule has 3 aliphatic rings. The van der Waals surface area contributed by atoms with Gasteiger partial charge in [-0.3, -0.25) is 0 Å². The van der Waals surface area contributed by atoms with Gasteiger partial charge in [-0.2, -0.15) is 17.6 Å². The number of hydrogen-bond donors (Lipinski definition) is 0. The molecule has 0 amide bonds. The maximum atomic E-state index is 14.6. The largest absolute Gasteiger partial charge is 0.326 e. The highest BCUT2D eigenvalue weighted by atomic mass is 35.5. The Hall–Kier alpha value is -0.920. The van der Waals surface area contributed by atoms with E-state index in [4.69, 9.17) is 23.2 Å². The Balaban J connectivity index is 2.07. The Morgan fingerprint density at radius 1 is 0.917 bits per heavy atom. The molecule has 0 N–H and O–H groups in total. The number of alkyl halides is 4. The van der Waals surface area contributed by atoms with Gasteiger partial charge in [-0.15, -0.1) is 0 Å². The fraction of sp³-hybridized carbons (Fsp3) is 0.556. The zero-order chi connectivity index (χ0) is 18.0. The SMILES string of the molecule is Cc1ccc(C#CC23CCC(C)(CC2)C(F)(F)C3(F)F)c(Cl)c1Cl. The first-order valence-electron chi connectivity index (χ1n) is 7.71. The third-order valence-electron chi connectivity index (χ3n) is 5.67. The van der Waals surface area contributed by atoms with Crippen molar-refractivity contribution in [1.82, 2.24) is 0 Å². The third kappa shape index (κ3) is 2.14. The minimum atomic E-state index is -4.17. The van der Waals surface area contributed by atoms with Gasteiger partial charge in [-0.25, -0.2) is 0 Å². The summed E-state index contributed by atoms with van der Waals surface area (Å²) in [5.41, 5.74) is -2.67. The molecule has 24 heavy (non-hydrogen) atoms. The smallest absolute Gasteiger partial charge is 0.199 e. The summed E-state index contributed by atoms with van der Waals surface area (Å²) in [5.74, 6) is -3.18. The van der Waals surface area contributed by atoms with E-state index in [9.17, 15) is 17.6 Å². The molecule has 0 nitrogen and oxygen atoms in total. The van der Waals surface area contributed by atoms with Gasteiger partial charge in [0.05, 0.1) is 10.0 Å². The van der Waals surface area contributed by atoms with Crippen molar-refractivity contribution in [3.8, 4) is 11.8 Å². The van der Waals surface area contributed by atoms with E-state index in [1.54, 1.807) is 19.1 Å². The molecule has 0 heterocycles. The van der Waals surface area contributed by atoms with Crippen molar-refractivity contribution in [2.24, 2.45) is 10.8 Å². The molecule has 130 valence electrons. The summed E-state index contributed by atoms with van der Waals surface area (Å²) in [4.78, 5) is 0. The van der Waals surface area contributed by atoms with Gasteiger partial charge in [0.2, 0.25) is 0 Å². The molecular weight excluding hydrogens is 363 g/mol. The average molecular weight is 379 g/mol. The second kappa shape index (κ2) is 5.29. The van der Waals surface area contributed by atoms with Gasteiger partial charge in [0, 0.05) is 11.0 Å². The second-order valence-electron chi connectivity index (χ2n) is 7.10. The molecular formula is C18H16Cl2F4. The van der Waals surface area contributed by atoms with Crippen molar-refractivity contribution < 1.29 is 17.6 Å². The van der Waals surface area contributed by atoms with E-state index in [1.807, 2.05) is 0 Å². The molecule has 0 spiro atoms. The van der Waals surface area contributed by atoms with Crippen LogP contribution in [0.5, 0.6) is 0 Å². The molecule has 0 radical (unpaired) electrons. The number of fused-ring (bicyclic) bond motifs is 3. The topological polar surface area (TPSA) is 0 Å². The summed E-state index contributed by atoms with van der Waals surface area (Å²) in [6, 6.07) is 3.24. The van der Waals surface area contributed by atoms with Gasteiger partial charge in [0.25, 0.3) is 0 Å². The minimum absolute atomic E-state index is 0.0344. The highest BCUT2D eigenvalue weighted by molar-refractivity contribution is 6.43. The predicted octanol–water partition coefficient (Wildman–Crippen LogP) is 6.50. The predicted molar refractivity (Wildman–Crippen MR) is 87.0 cm³/mol. The van der Waals surface area contributed by atoms with Gasteiger partial charge in [0.1, 0.15) is 5.41 Å². The van der Waals surface area contributed by atoms with Crippen LogP contribution in [0.25, 0.3) is 0 Å². The summed E-state index contributed by atoms with van der Waals surface area (Å²) in [5, 5.41) is 0.449. The molecule has 1 aromatic carbocycles. The van der Waals surface area contributed by atoms with E-state index in [0.717, 1.165) is 5.56 Å². The lowest BCUT2D eigenvalue weighted by molar-refractivity contribution is -0.349. The molecule has 0 unspecified atom stereocenters. The fourth-order valence-electron chi connectivity index (χ4n) is 3.67. The molecule has 0 aliphatic heterocycles. The minimum Gasteiger partial charge on any atom is -0.199 e. The summed E-state index contributed by atoms with van der Waals surface area (Å²) < 4.78 is 58.0. The molecule has 3 fully saturated rings. The van der Waals surface area contributed by atoms with E-state index in [-0.39, 0.29) is 41.3 Å². The van der Waals surface area contributed by atoms with Gasteiger partial charge in [0.15, 0.2) is 0 Å². The summed E-state index contributed by atoms with van der Waals surface area (Å²) in [6.07, 6.45) is -0.0219. The number of halogens is 6. The van der Waals surface area contributed by atoms with Crippen LogP contribution < -0.4 is 0 Å². The first-order valence-corrected chi connectivity index (χ1v) is 8.46. The van der Waals surface area contributed by atoms with E-state index >= 15 is 0 Å². The second-order valence-corrected chi connectivity index (χ2v) is 7.86. The molecule has 0 saturated heterocycles. The zero-order valence-electron chi connectivity index (χ0n) is 13.3. The molecule has 1 aromatic rings. The Kier molecular flexibility index (Phi) is 3.94. The molecule has 0 atom stereocenters. The van der Waals surface area contributed by atoms with Gasteiger partial charge in [-0.1, -0.05) is 48.0 Å². The monoisotopic (exact) mass is 378 g/mol. The lowest BCUT2D eigenvalue weighted by atomic mass is 9.50. The molecule has 6 heteroatoms. The van der Waals surface area contributed by atoms with Gasteiger partial charge in [-0.05, 0) is 44.2 Å². The highest BCUT2D eigenvalue weighted by Gasteiger charge is 2.79. The van der Waals surface area contributed by atoms with Crippen LogP contribution in [-0.2, 0) is 0 Å². The van der Waals surface area contributed by atoms with E-state index in [1.165, 1.54) is 6.92 Å². The first-order chi connectivity index (χ1) is 11.0. The van der Waals surface area contributed by atoms with Crippen LogP contribution in [0.4, 0.5) is 17.6 Å². The van der Waals surface area contributed by atoms with E-state index < -0.39 is 22.7 Å². The fourth-order valence-corrected chi connectivity index (χ4v) is 4.09. The van der Waals surface area contributed by atoms with Crippen LogP contribution in [-0.4, -0.2) is 11.8 Å². The first kappa shape index (κ1) is 17.9. The van der Waals surface area contributed by atoms with E-state index in [0.29, 0.717) is 0 Å². The highest BCUT2D eigenvalue weighted by Crippen LogP contribution is 2.69. The molecule has 2 bridgehead atoms. The zero-order valence-corrected chi connectivity index (χ0v) is 14.8. The number of hydrogen-bond acceptors (Lipinski definition) is 0. The van der Waals surface area contributed by atoms with Gasteiger partial charge < -0.3 is 0 Å². The molecule has 3 saturated carbocycles. The third-order valence-corrected chi connectivity index (χ3v) is 6.65. The quantitative estimate of drug-likeness (QED) is 0.356. The average Bonchev–Trinajstić information content (AvgIpc) is 2.52. The summed E-state index contributed by atoms with van der Waals surface area (Å²) in [6.45, 7) is 3.00. The van der Waals surface area contributed by atoms with Crippen molar-refractivity contribution in [3.05, 3.63) is 33.3 Å². The van der Waals surface area contributed by atoms with Crippen molar-refractivity contribution in [1.29, 1.82) is 0 Å². The van der Waals surface area contributed by atoms with Crippen molar-refractivity contribution in [2.45, 2.75) is 51.4 Å². The van der Waals surface area contributed by atoms with Crippen LogP contribution >= 0.6 is 23.2 Å². The molecule has 4 rings (SSSR count). The van der Waals surface area contributed by atoms with Crippen molar-refractivity contribution in [3.63, 3.8) is 0 Å². The van der Waals surface area contributed by atoms with E-state index in [2.05, 4.69) is 11.8 Å². The van der Waals surface area contributed by atoms with Crippen LogP contribution in [0.15, 0.2) is 12.1 Å². The number of aryl methyl sites for hydroxylation is 1. The molecule has 3 aliphatic carbocycles. The van der Waals surface area contributed by atoms with Crippen LogP contribution in [0.3, 0.4) is 0 Å². The maximum Gasteiger partial charge on any atom is 0.326 e. The van der Waals surface area contributed by atoms with Crippen LogP contribution in [0, 0.1) is 29.6 Å². The van der Waals surface area contributed by atoms with Crippen molar-refractivity contribution in [2.75, 3.05) is 0 Å². The number of benzene rings is 1.